The van der Waals surface area contributed by atoms with Crippen LogP contribution in [0, 0.1) is 0 Å². The van der Waals surface area contributed by atoms with E-state index >= 15 is 0 Å². The van der Waals surface area contributed by atoms with Crippen molar-refractivity contribution < 1.29 is 13.9 Å². The van der Waals surface area contributed by atoms with E-state index in [1.165, 1.54) is 7.11 Å². The molecule has 0 spiro atoms. The van der Waals surface area contributed by atoms with Crippen molar-refractivity contribution in [3.63, 3.8) is 0 Å². The third-order valence-corrected chi connectivity index (χ3v) is 0.454. The Kier molecular flexibility index (Phi) is 3.50. The largest absolute Gasteiger partial charge is 0.377 e. The minimum absolute atomic E-state index is 0.115. The summed E-state index contributed by atoms with van der Waals surface area (Å²) in [5.74, 6) is -0.512. The van der Waals surface area contributed by atoms with Gasteiger partial charge in [0, 0.05) is 7.11 Å². The summed E-state index contributed by atoms with van der Waals surface area (Å²) in [5.41, 5.74) is 0. The maximum absolute atomic E-state index is 11.1. The average molecular weight is 106 g/mol. The van der Waals surface area contributed by atoms with E-state index in [2.05, 4.69) is 4.74 Å². The van der Waals surface area contributed by atoms with E-state index in [1.54, 1.807) is 0 Å². The number of alkyl halides is 1. The summed E-state index contributed by atoms with van der Waals surface area (Å²) in [4.78, 5) is 9.91. The molecule has 0 aromatic rings. The van der Waals surface area contributed by atoms with Gasteiger partial charge in [0.1, 0.15) is 6.61 Å². The highest BCUT2D eigenvalue weighted by atomic mass is 19.1. The van der Waals surface area contributed by atoms with Crippen molar-refractivity contribution in [2.24, 2.45) is 0 Å². The molecule has 0 heterocycles. The quantitative estimate of drug-likeness (QED) is 0.512. The van der Waals surface area contributed by atoms with Gasteiger partial charge in [-0.05, 0) is 0 Å². The zero-order valence-corrected chi connectivity index (χ0v) is 4.11. The number of halogens is 1. The van der Waals surface area contributed by atoms with Crippen LogP contribution >= 0.6 is 0 Å². The maximum atomic E-state index is 11.1. The first-order valence-corrected chi connectivity index (χ1v) is 1.88. The fraction of sp³-hybridized carbons (Fsp3) is 0.750. The molecule has 0 fully saturated rings. The molecule has 0 radical (unpaired) electrons. The molecular formula is C4H7FO2. The first-order chi connectivity index (χ1) is 3.31. The van der Waals surface area contributed by atoms with Crippen LogP contribution in [0.25, 0.3) is 0 Å². The standard InChI is InChI=1S/C4H7FO2/c1-7-3-4(6)2-5/h2-3H2,1H3. The molecule has 42 valence electrons. The average Bonchev–Trinajstić information content (AvgIpc) is 1.68. The molecule has 0 aliphatic rings. The van der Waals surface area contributed by atoms with E-state index in [0.717, 1.165) is 0 Å². The number of Topliss-reactive ketones (excluding diaryl/α,β-unsaturated/α-hetero) is 1. The second-order valence-corrected chi connectivity index (χ2v) is 1.11. The molecule has 0 aliphatic carbocycles. The van der Waals surface area contributed by atoms with E-state index in [9.17, 15) is 9.18 Å². The van der Waals surface area contributed by atoms with Gasteiger partial charge >= 0.3 is 0 Å². The van der Waals surface area contributed by atoms with Gasteiger partial charge in [-0.1, -0.05) is 0 Å². The SMILES string of the molecule is COCC(=O)CF. The molecule has 0 saturated carbocycles. The first-order valence-electron chi connectivity index (χ1n) is 1.88. The highest BCUT2D eigenvalue weighted by molar-refractivity contribution is 5.80. The van der Waals surface area contributed by atoms with Gasteiger partial charge in [-0.15, -0.1) is 0 Å². The van der Waals surface area contributed by atoms with Crippen molar-refractivity contribution in [3.8, 4) is 0 Å². The highest BCUT2D eigenvalue weighted by Gasteiger charge is 1.95. The summed E-state index contributed by atoms with van der Waals surface area (Å²) in [6.45, 7) is -1.04. The lowest BCUT2D eigenvalue weighted by Gasteiger charge is -1.88. The number of rotatable bonds is 3. The molecule has 0 saturated heterocycles. The number of ether oxygens (including phenoxy) is 1. The van der Waals surface area contributed by atoms with Crippen LogP contribution in [-0.2, 0) is 9.53 Å². The van der Waals surface area contributed by atoms with E-state index in [0.29, 0.717) is 0 Å². The predicted octanol–water partition coefficient (Wildman–Crippen LogP) is 0.171. The van der Waals surface area contributed by atoms with Crippen molar-refractivity contribution in [2.75, 3.05) is 20.4 Å². The van der Waals surface area contributed by atoms with Crippen LogP contribution < -0.4 is 0 Å². The van der Waals surface area contributed by atoms with Crippen LogP contribution in [0.4, 0.5) is 4.39 Å². The van der Waals surface area contributed by atoms with Gasteiger partial charge in [0.25, 0.3) is 0 Å². The lowest BCUT2D eigenvalue weighted by atomic mass is 10.5. The van der Waals surface area contributed by atoms with Crippen molar-refractivity contribution >= 4 is 5.78 Å². The van der Waals surface area contributed by atoms with E-state index < -0.39 is 12.5 Å². The van der Waals surface area contributed by atoms with Gasteiger partial charge < -0.3 is 4.74 Å². The van der Waals surface area contributed by atoms with Crippen molar-refractivity contribution in [3.05, 3.63) is 0 Å². The third kappa shape index (κ3) is 3.39. The normalized spacial score (nSPS) is 8.86. The molecule has 0 aromatic heterocycles. The Bertz CT molecular complexity index is 62.7. The minimum atomic E-state index is -0.923. The van der Waals surface area contributed by atoms with Gasteiger partial charge in [0.15, 0.2) is 12.5 Å². The molecule has 0 bridgehead atoms. The topological polar surface area (TPSA) is 26.3 Å². The number of ketones is 1. The van der Waals surface area contributed by atoms with Crippen LogP contribution in [0.3, 0.4) is 0 Å². The van der Waals surface area contributed by atoms with Crippen LogP contribution in [0.1, 0.15) is 0 Å². The molecule has 0 atom stereocenters. The number of methoxy groups -OCH3 is 1. The molecule has 0 rings (SSSR count). The van der Waals surface area contributed by atoms with Gasteiger partial charge in [-0.2, -0.15) is 0 Å². The van der Waals surface area contributed by atoms with Crippen LogP contribution in [0.2, 0.25) is 0 Å². The van der Waals surface area contributed by atoms with E-state index in [4.69, 9.17) is 0 Å². The lowest BCUT2D eigenvalue weighted by molar-refractivity contribution is -0.123. The van der Waals surface area contributed by atoms with Gasteiger partial charge in [0.2, 0.25) is 0 Å². The minimum Gasteiger partial charge on any atom is -0.377 e. The maximum Gasteiger partial charge on any atom is 0.189 e. The Morgan fingerprint density at radius 1 is 1.86 bits per heavy atom. The summed E-state index contributed by atoms with van der Waals surface area (Å²) in [7, 11) is 1.35. The molecule has 2 nitrogen and oxygen atoms in total. The van der Waals surface area contributed by atoms with Crippen molar-refractivity contribution in [2.45, 2.75) is 0 Å². The first kappa shape index (κ1) is 6.56. The van der Waals surface area contributed by atoms with Crippen LogP contribution in [0.5, 0.6) is 0 Å². The lowest BCUT2D eigenvalue weighted by Crippen LogP contribution is -2.07. The monoisotopic (exact) mass is 106 g/mol. The van der Waals surface area contributed by atoms with Crippen LogP contribution in [0.15, 0.2) is 0 Å². The summed E-state index contributed by atoms with van der Waals surface area (Å²) in [6.07, 6.45) is 0. The Morgan fingerprint density at radius 2 is 2.43 bits per heavy atom. The summed E-state index contributed by atoms with van der Waals surface area (Å²) >= 11 is 0. The van der Waals surface area contributed by atoms with Gasteiger partial charge in [0.05, 0.1) is 0 Å². The molecule has 0 unspecified atom stereocenters. The highest BCUT2D eigenvalue weighted by Crippen LogP contribution is 1.73. The third-order valence-electron chi connectivity index (χ3n) is 0.454. The molecule has 0 aromatic carbocycles. The second kappa shape index (κ2) is 3.74. The predicted molar refractivity (Wildman–Crippen MR) is 22.9 cm³/mol. The molecule has 0 amide bonds. The number of carbonyl (C=O) groups is 1. The molecule has 7 heavy (non-hydrogen) atoms. The van der Waals surface area contributed by atoms with E-state index in [-0.39, 0.29) is 6.61 Å². The molecule has 0 N–H and O–H groups in total. The van der Waals surface area contributed by atoms with Crippen molar-refractivity contribution in [1.82, 2.24) is 0 Å². The Balaban J connectivity index is 3.00. The molecule has 3 heteroatoms. The summed E-state index contributed by atoms with van der Waals surface area (Å²) in [6, 6.07) is 0. The fourth-order valence-corrected chi connectivity index (χ4v) is 0.200. The van der Waals surface area contributed by atoms with E-state index in [1.807, 2.05) is 0 Å². The molecular weight excluding hydrogens is 99.0 g/mol. The zero-order chi connectivity index (χ0) is 5.70. The molecule has 0 aliphatic heterocycles. The van der Waals surface area contributed by atoms with Crippen LogP contribution in [-0.4, -0.2) is 26.2 Å². The Hall–Kier alpha value is -0.440. The zero-order valence-electron chi connectivity index (χ0n) is 4.11. The summed E-state index contributed by atoms with van der Waals surface area (Å²) < 4.78 is 15.4. The Labute approximate surface area is 41.3 Å². The number of hydrogen-bond donors (Lipinski definition) is 0. The number of hydrogen-bond acceptors (Lipinski definition) is 2. The van der Waals surface area contributed by atoms with Gasteiger partial charge in [-0.25, -0.2) is 4.39 Å². The smallest absolute Gasteiger partial charge is 0.189 e. The summed E-state index contributed by atoms with van der Waals surface area (Å²) in [5, 5.41) is 0. The second-order valence-electron chi connectivity index (χ2n) is 1.11. The number of carbonyl (C=O) groups excluding carboxylic acids is 1. The van der Waals surface area contributed by atoms with Gasteiger partial charge in [-0.3, -0.25) is 4.79 Å². The Morgan fingerprint density at radius 3 is 2.57 bits per heavy atom. The van der Waals surface area contributed by atoms with Crippen molar-refractivity contribution in [1.29, 1.82) is 0 Å². The fourth-order valence-electron chi connectivity index (χ4n) is 0.200.